The third-order valence-corrected chi connectivity index (χ3v) is 5.28. The van der Waals surface area contributed by atoms with E-state index >= 15 is 0 Å². The van der Waals surface area contributed by atoms with E-state index in [2.05, 4.69) is 44.4 Å². The number of fused-ring (bicyclic) bond motifs is 2. The van der Waals surface area contributed by atoms with Crippen LogP contribution >= 0.6 is 0 Å². The third kappa shape index (κ3) is 3.02. The van der Waals surface area contributed by atoms with Gasteiger partial charge in [-0.05, 0) is 35.9 Å². The molecule has 0 amide bonds. The molecule has 1 aromatic carbocycles. The summed E-state index contributed by atoms with van der Waals surface area (Å²) in [5.74, 6) is 0.522. The topological polar surface area (TPSA) is 90.9 Å². The van der Waals surface area contributed by atoms with Crippen molar-refractivity contribution >= 4 is 22.3 Å². The highest BCUT2D eigenvalue weighted by Gasteiger charge is 2.18. The highest BCUT2D eigenvalue weighted by Crippen LogP contribution is 2.28. The average Bonchev–Trinajstić information content (AvgIpc) is 3.38. The van der Waals surface area contributed by atoms with E-state index in [9.17, 15) is 4.79 Å². The second-order valence-electron chi connectivity index (χ2n) is 7.40. The number of nitrogens with zero attached hydrogens (tertiary/aromatic N) is 7. The van der Waals surface area contributed by atoms with E-state index < -0.39 is 0 Å². The zero-order chi connectivity index (χ0) is 20.8. The summed E-state index contributed by atoms with van der Waals surface area (Å²) in [7, 11) is 1.90. The molecular formula is C22H19N7O. The van der Waals surface area contributed by atoms with Crippen LogP contribution in [0.15, 0.2) is 55.0 Å². The Balaban J connectivity index is 1.57. The number of carbonyl (C=O) groups excluding carboxylic acids is 1. The number of Topliss-reactive ketones (excluding diaryl/α,β-unsaturated/α-hetero) is 1. The summed E-state index contributed by atoms with van der Waals surface area (Å²) < 4.78 is 3.42. The van der Waals surface area contributed by atoms with Crippen LogP contribution in [0.4, 0.5) is 0 Å². The SMILES string of the molecule is CC(=O)c1ccc2nnc(C(C)c3ccc4ncc(-c5cnn(C)c5)cc4c3)n2n1. The minimum atomic E-state index is -0.0936. The normalized spacial score (nSPS) is 12.5. The summed E-state index contributed by atoms with van der Waals surface area (Å²) in [4.78, 5) is 16.3. The molecule has 4 heterocycles. The van der Waals surface area contributed by atoms with Crippen molar-refractivity contribution in [2.45, 2.75) is 19.8 Å². The van der Waals surface area contributed by atoms with Crippen LogP contribution in [-0.4, -0.2) is 40.4 Å². The standard InChI is InChI=1S/C22H19N7O/c1-13(22-26-25-21-7-6-19(14(2)30)27-29(21)22)15-4-5-20-16(8-15)9-17(10-23-20)18-11-24-28(3)12-18/h4-13H,1-3H3. The van der Waals surface area contributed by atoms with Crippen molar-refractivity contribution in [2.24, 2.45) is 7.05 Å². The molecule has 0 fully saturated rings. The van der Waals surface area contributed by atoms with E-state index in [1.165, 1.54) is 6.92 Å². The van der Waals surface area contributed by atoms with Gasteiger partial charge in [0.15, 0.2) is 17.3 Å². The average molecular weight is 397 g/mol. The lowest BCUT2D eigenvalue weighted by Crippen LogP contribution is -2.08. The lowest BCUT2D eigenvalue weighted by atomic mass is 9.98. The van der Waals surface area contributed by atoms with E-state index in [0.29, 0.717) is 17.2 Å². The molecular weight excluding hydrogens is 378 g/mol. The molecule has 5 aromatic rings. The van der Waals surface area contributed by atoms with Gasteiger partial charge in [0, 0.05) is 48.8 Å². The van der Waals surface area contributed by atoms with Crippen molar-refractivity contribution < 1.29 is 4.79 Å². The van der Waals surface area contributed by atoms with Crippen LogP contribution in [0.5, 0.6) is 0 Å². The van der Waals surface area contributed by atoms with Gasteiger partial charge in [0.25, 0.3) is 0 Å². The predicted octanol–water partition coefficient (Wildman–Crippen LogP) is 3.43. The molecule has 5 rings (SSSR count). The van der Waals surface area contributed by atoms with Crippen LogP contribution in [-0.2, 0) is 7.05 Å². The minimum absolute atomic E-state index is 0.0684. The highest BCUT2D eigenvalue weighted by molar-refractivity contribution is 5.92. The van der Waals surface area contributed by atoms with Gasteiger partial charge in [0.1, 0.15) is 5.69 Å². The van der Waals surface area contributed by atoms with Gasteiger partial charge < -0.3 is 0 Å². The van der Waals surface area contributed by atoms with Gasteiger partial charge in [-0.15, -0.1) is 10.2 Å². The van der Waals surface area contributed by atoms with Gasteiger partial charge in [-0.2, -0.15) is 14.7 Å². The second kappa shape index (κ2) is 6.84. The fourth-order valence-corrected chi connectivity index (χ4v) is 3.56. The Hall–Kier alpha value is -3.94. The molecule has 0 aliphatic heterocycles. The van der Waals surface area contributed by atoms with Gasteiger partial charge in [-0.1, -0.05) is 13.0 Å². The fraction of sp³-hybridized carbons (Fsp3) is 0.182. The monoisotopic (exact) mass is 397 g/mol. The van der Waals surface area contributed by atoms with Crippen molar-refractivity contribution in [2.75, 3.05) is 0 Å². The maximum absolute atomic E-state index is 11.7. The first-order valence-corrected chi connectivity index (χ1v) is 9.61. The number of carbonyl (C=O) groups is 1. The van der Waals surface area contributed by atoms with Crippen molar-refractivity contribution in [1.29, 1.82) is 0 Å². The largest absolute Gasteiger partial charge is 0.293 e. The molecule has 1 unspecified atom stereocenters. The van der Waals surface area contributed by atoms with Crippen molar-refractivity contribution in [3.63, 3.8) is 0 Å². The van der Waals surface area contributed by atoms with E-state index in [4.69, 9.17) is 0 Å². The van der Waals surface area contributed by atoms with Crippen LogP contribution in [0.2, 0.25) is 0 Å². The molecule has 0 saturated carbocycles. The lowest BCUT2D eigenvalue weighted by molar-refractivity contribution is 0.101. The van der Waals surface area contributed by atoms with E-state index in [-0.39, 0.29) is 11.7 Å². The number of hydrogen-bond donors (Lipinski definition) is 0. The Morgan fingerprint density at radius 1 is 1.03 bits per heavy atom. The maximum Gasteiger partial charge on any atom is 0.179 e. The molecule has 30 heavy (non-hydrogen) atoms. The molecule has 0 N–H and O–H groups in total. The predicted molar refractivity (Wildman–Crippen MR) is 112 cm³/mol. The molecule has 0 bridgehead atoms. The maximum atomic E-state index is 11.7. The number of rotatable bonds is 4. The summed E-state index contributed by atoms with van der Waals surface area (Å²) in [6, 6.07) is 11.7. The number of ketones is 1. The van der Waals surface area contributed by atoms with Gasteiger partial charge in [-0.3, -0.25) is 14.5 Å². The Bertz CT molecular complexity index is 1420. The molecule has 0 aliphatic rings. The minimum Gasteiger partial charge on any atom is -0.293 e. The second-order valence-corrected chi connectivity index (χ2v) is 7.40. The number of hydrogen-bond acceptors (Lipinski definition) is 6. The molecule has 8 nitrogen and oxygen atoms in total. The first-order valence-electron chi connectivity index (χ1n) is 9.61. The van der Waals surface area contributed by atoms with Gasteiger partial charge >= 0.3 is 0 Å². The van der Waals surface area contributed by atoms with Crippen LogP contribution in [0.3, 0.4) is 0 Å². The van der Waals surface area contributed by atoms with Gasteiger partial charge in [0.2, 0.25) is 0 Å². The van der Waals surface area contributed by atoms with Crippen LogP contribution < -0.4 is 0 Å². The van der Waals surface area contributed by atoms with Crippen molar-refractivity contribution in [3.05, 3.63) is 72.1 Å². The quantitative estimate of drug-likeness (QED) is 0.432. The van der Waals surface area contributed by atoms with Gasteiger partial charge in [0.05, 0.1) is 11.7 Å². The summed E-state index contributed by atoms with van der Waals surface area (Å²) in [5, 5.41) is 18.2. The van der Waals surface area contributed by atoms with E-state index in [1.54, 1.807) is 21.3 Å². The summed E-state index contributed by atoms with van der Waals surface area (Å²) in [6.07, 6.45) is 5.66. The van der Waals surface area contributed by atoms with E-state index in [1.807, 2.05) is 37.8 Å². The molecule has 148 valence electrons. The Morgan fingerprint density at radius 3 is 2.67 bits per heavy atom. The summed E-state index contributed by atoms with van der Waals surface area (Å²) >= 11 is 0. The number of aromatic nitrogens is 7. The molecule has 0 aliphatic carbocycles. The Labute approximate surface area is 172 Å². The molecule has 0 radical (unpaired) electrons. The number of pyridine rings is 1. The third-order valence-electron chi connectivity index (χ3n) is 5.28. The zero-order valence-corrected chi connectivity index (χ0v) is 16.8. The highest BCUT2D eigenvalue weighted by atomic mass is 16.1. The van der Waals surface area contributed by atoms with Crippen molar-refractivity contribution in [3.8, 4) is 11.1 Å². The molecule has 1 atom stereocenters. The van der Waals surface area contributed by atoms with E-state index in [0.717, 1.165) is 27.6 Å². The molecule has 4 aromatic heterocycles. The number of aryl methyl sites for hydroxylation is 1. The first-order chi connectivity index (χ1) is 14.5. The van der Waals surface area contributed by atoms with Crippen molar-refractivity contribution in [1.82, 2.24) is 34.6 Å². The Morgan fingerprint density at radius 2 is 1.90 bits per heavy atom. The fourth-order valence-electron chi connectivity index (χ4n) is 3.56. The Kier molecular flexibility index (Phi) is 4.13. The van der Waals surface area contributed by atoms with Crippen LogP contribution in [0.25, 0.3) is 27.7 Å². The molecule has 0 saturated heterocycles. The van der Waals surface area contributed by atoms with Crippen LogP contribution in [0.1, 0.15) is 41.6 Å². The summed E-state index contributed by atoms with van der Waals surface area (Å²) in [6.45, 7) is 3.55. The number of benzene rings is 1. The first kappa shape index (κ1) is 18.1. The lowest BCUT2D eigenvalue weighted by Gasteiger charge is -2.11. The summed E-state index contributed by atoms with van der Waals surface area (Å²) in [5.41, 5.74) is 5.03. The van der Waals surface area contributed by atoms with Gasteiger partial charge in [-0.25, -0.2) is 0 Å². The molecule has 8 heteroatoms. The zero-order valence-electron chi connectivity index (χ0n) is 16.8. The van der Waals surface area contributed by atoms with Crippen LogP contribution in [0, 0.1) is 0 Å². The smallest absolute Gasteiger partial charge is 0.179 e. The molecule has 0 spiro atoms.